The van der Waals surface area contributed by atoms with Crippen LogP contribution >= 0.6 is 46.4 Å². The zero-order valence-corrected chi connectivity index (χ0v) is 17.5. The van der Waals surface area contributed by atoms with E-state index in [9.17, 15) is 9.59 Å². The second kappa shape index (κ2) is 11.9. The predicted molar refractivity (Wildman–Crippen MR) is 109 cm³/mol. The number of carbonyl (C=O) groups excluding carboxylic acids is 2. The molecule has 0 fully saturated rings. The van der Waals surface area contributed by atoms with Crippen LogP contribution in [0.15, 0.2) is 42.5 Å². The van der Waals surface area contributed by atoms with Crippen molar-refractivity contribution in [3.8, 4) is 0 Å². The third-order valence-electron chi connectivity index (χ3n) is 2.89. The van der Waals surface area contributed by atoms with Crippen LogP contribution in [0.5, 0.6) is 0 Å². The maximum absolute atomic E-state index is 9.85. The molecule has 0 aliphatic rings. The summed E-state index contributed by atoms with van der Waals surface area (Å²) >= 11 is 23.9. The van der Waals surface area contributed by atoms with Crippen molar-refractivity contribution in [1.29, 1.82) is 0 Å². The Hall–Kier alpha value is -1.66. The van der Waals surface area contributed by atoms with E-state index in [1.807, 2.05) is 24.3 Å². The number of hydrogen-bond acceptors (Lipinski definition) is 5. The molecule has 2 aromatic rings. The number of carbonyl (C=O) groups is 2. The van der Waals surface area contributed by atoms with Crippen molar-refractivity contribution in [1.82, 2.24) is 0 Å². The van der Waals surface area contributed by atoms with Gasteiger partial charge >= 0.3 is 11.9 Å². The van der Waals surface area contributed by atoms with Crippen LogP contribution in [0.25, 0.3) is 0 Å². The van der Waals surface area contributed by atoms with Gasteiger partial charge in [0.25, 0.3) is 0 Å². The Kier molecular flexibility index (Phi) is 10.3. The van der Waals surface area contributed by atoms with Crippen LogP contribution in [0.3, 0.4) is 0 Å². The molecule has 5 nitrogen and oxygen atoms in total. The Balaban J connectivity index is 0.000000387. The quantitative estimate of drug-likeness (QED) is 0.344. The standard InChI is InChI=1S/C14H11Cl4N.C4H6O4/c15-10-5-3-6-11(16)14(10)19-12-7-2-1-4-9(12)8-13(17)18;1-3(5)7-8-4(2)6/h1-7,13,19H,8H2;1-2H3. The number of hydrogen-bond donors (Lipinski definition) is 1. The van der Waals surface area contributed by atoms with Crippen LogP contribution in [0.1, 0.15) is 19.4 Å². The number of nitrogens with one attached hydrogen (secondary N) is 1. The fourth-order valence-corrected chi connectivity index (χ4v) is 2.68. The van der Waals surface area contributed by atoms with Crippen molar-refractivity contribution >= 4 is 69.7 Å². The summed E-state index contributed by atoms with van der Waals surface area (Å²) in [4.78, 5) is 26.9. The van der Waals surface area contributed by atoms with Crippen LogP contribution in [-0.2, 0) is 25.8 Å². The Morgan fingerprint density at radius 1 is 0.926 bits per heavy atom. The molecule has 27 heavy (non-hydrogen) atoms. The molecule has 0 aliphatic carbocycles. The van der Waals surface area contributed by atoms with Crippen molar-refractivity contribution in [2.75, 3.05) is 5.32 Å². The van der Waals surface area contributed by atoms with Crippen LogP contribution < -0.4 is 5.32 Å². The highest BCUT2D eigenvalue weighted by molar-refractivity contribution is 6.44. The third kappa shape index (κ3) is 9.20. The lowest BCUT2D eigenvalue weighted by Gasteiger charge is -2.14. The van der Waals surface area contributed by atoms with Gasteiger partial charge in [-0.2, -0.15) is 0 Å². The molecule has 0 radical (unpaired) electrons. The number of para-hydroxylation sites is 2. The lowest BCUT2D eigenvalue weighted by Crippen LogP contribution is -2.03. The van der Waals surface area contributed by atoms with Crippen molar-refractivity contribution in [3.63, 3.8) is 0 Å². The molecular weight excluding hydrogens is 436 g/mol. The maximum Gasteiger partial charge on any atom is 0.352 e. The van der Waals surface area contributed by atoms with Gasteiger partial charge in [0.05, 0.1) is 15.7 Å². The summed E-state index contributed by atoms with van der Waals surface area (Å²) in [6.45, 7) is 2.28. The second-order valence-electron chi connectivity index (χ2n) is 5.12. The van der Waals surface area contributed by atoms with Gasteiger partial charge in [0.1, 0.15) is 4.84 Å². The van der Waals surface area contributed by atoms with Crippen molar-refractivity contribution in [2.45, 2.75) is 25.1 Å². The summed E-state index contributed by atoms with van der Waals surface area (Å²) in [5.41, 5.74) is 2.58. The first-order chi connectivity index (χ1) is 12.7. The van der Waals surface area contributed by atoms with Crippen molar-refractivity contribution in [2.24, 2.45) is 0 Å². The van der Waals surface area contributed by atoms with Gasteiger partial charge in [0.2, 0.25) is 0 Å². The van der Waals surface area contributed by atoms with Gasteiger partial charge in [-0.25, -0.2) is 19.4 Å². The Bertz CT molecular complexity index is 749. The molecule has 2 aromatic carbocycles. The Labute approximate surface area is 177 Å². The molecule has 0 unspecified atom stereocenters. The summed E-state index contributed by atoms with van der Waals surface area (Å²) in [5.74, 6) is -1.28. The van der Waals surface area contributed by atoms with E-state index in [1.165, 1.54) is 0 Å². The monoisotopic (exact) mass is 451 g/mol. The number of anilines is 2. The van der Waals surface area contributed by atoms with E-state index < -0.39 is 16.8 Å². The van der Waals surface area contributed by atoms with E-state index in [1.54, 1.807) is 18.2 Å². The molecule has 0 atom stereocenters. The molecular formula is C18H17Cl4NO4. The first kappa shape index (κ1) is 23.4. The minimum Gasteiger partial charge on any atom is -0.353 e. The molecule has 0 aromatic heterocycles. The normalized spacial score (nSPS) is 9.89. The first-order valence-electron chi connectivity index (χ1n) is 7.63. The highest BCUT2D eigenvalue weighted by Crippen LogP contribution is 2.34. The van der Waals surface area contributed by atoms with Crippen LogP contribution in [0.2, 0.25) is 10.0 Å². The van der Waals surface area contributed by atoms with Gasteiger partial charge in [-0.15, -0.1) is 23.2 Å². The zero-order chi connectivity index (χ0) is 20.4. The largest absolute Gasteiger partial charge is 0.353 e. The van der Waals surface area contributed by atoms with Crippen molar-refractivity contribution in [3.05, 3.63) is 58.1 Å². The topological polar surface area (TPSA) is 64.6 Å². The molecule has 0 saturated heterocycles. The van der Waals surface area contributed by atoms with E-state index in [2.05, 4.69) is 15.1 Å². The predicted octanol–water partition coefficient (Wildman–Crippen LogP) is 6.11. The van der Waals surface area contributed by atoms with E-state index in [0.29, 0.717) is 22.2 Å². The molecule has 2 rings (SSSR count). The fraction of sp³-hybridized carbons (Fsp3) is 0.222. The molecule has 146 valence electrons. The summed E-state index contributed by atoms with van der Waals surface area (Å²) in [6, 6.07) is 13.1. The SMILES string of the molecule is CC(=O)OOC(C)=O.Clc1cccc(Cl)c1Nc1ccccc1CC(Cl)Cl. The third-order valence-corrected chi connectivity index (χ3v) is 3.83. The smallest absolute Gasteiger partial charge is 0.352 e. The van der Waals surface area contributed by atoms with E-state index in [-0.39, 0.29) is 0 Å². The molecule has 1 N–H and O–H groups in total. The summed E-state index contributed by atoms with van der Waals surface area (Å²) in [6.07, 6.45) is 0.550. The second-order valence-corrected chi connectivity index (χ2v) is 7.22. The number of benzene rings is 2. The minimum absolute atomic E-state index is 0.454. The van der Waals surface area contributed by atoms with Gasteiger partial charge in [0, 0.05) is 26.0 Å². The molecule has 0 bridgehead atoms. The van der Waals surface area contributed by atoms with Gasteiger partial charge in [-0.3, -0.25) is 0 Å². The molecule has 0 aliphatic heterocycles. The lowest BCUT2D eigenvalue weighted by atomic mass is 10.1. The zero-order valence-electron chi connectivity index (χ0n) is 14.5. The number of halogens is 4. The van der Waals surface area contributed by atoms with E-state index >= 15 is 0 Å². The van der Waals surface area contributed by atoms with Crippen molar-refractivity contribution < 1.29 is 19.4 Å². The van der Waals surface area contributed by atoms with E-state index in [4.69, 9.17) is 46.4 Å². The Morgan fingerprint density at radius 2 is 1.44 bits per heavy atom. The maximum atomic E-state index is 9.85. The van der Waals surface area contributed by atoms with Crippen LogP contribution in [0.4, 0.5) is 11.4 Å². The van der Waals surface area contributed by atoms with Crippen LogP contribution in [0, 0.1) is 0 Å². The van der Waals surface area contributed by atoms with E-state index in [0.717, 1.165) is 25.1 Å². The highest BCUT2D eigenvalue weighted by atomic mass is 35.5. The molecule has 0 saturated carbocycles. The summed E-state index contributed by atoms with van der Waals surface area (Å²) in [7, 11) is 0. The average molecular weight is 453 g/mol. The molecule has 0 amide bonds. The fourth-order valence-electron chi connectivity index (χ4n) is 1.86. The van der Waals surface area contributed by atoms with Gasteiger partial charge in [0.15, 0.2) is 0 Å². The Morgan fingerprint density at radius 3 is 1.93 bits per heavy atom. The van der Waals surface area contributed by atoms with Gasteiger partial charge in [-0.1, -0.05) is 47.5 Å². The summed E-state index contributed by atoms with van der Waals surface area (Å²) < 4.78 is 0. The molecule has 9 heteroatoms. The molecule has 0 heterocycles. The molecule has 0 spiro atoms. The minimum atomic E-state index is -0.639. The van der Waals surface area contributed by atoms with Crippen LogP contribution in [-0.4, -0.2) is 16.8 Å². The summed E-state index contributed by atoms with van der Waals surface area (Å²) in [5, 5.41) is 4.36. The number of alkyl halides is 2. The van der Waals surface area contributed by atoms with Gasteiger partial charge in [-0.05, 0) is 23.8 Å². The first-order valence-corrected chi connectivity index (χ1v) is 9.26. The highest BCUT2D eigenvalue weighted by Gasteiger charge is 2.10. The van der Waals surface area contributed by atoms with Gasteiger partial charge < -0.3 is 5.32 Å². The lowest BCUT2D eigenvalue weighted by molar-refractivity contribution is -0.255. The average Bonchev–Trinajstić information content (AvgIpc) is 2.58. The number of rotatable bonds is 4.